The van der Waals surface area contributed by atoms with Gasteiger partial charge in [0.2, 0.25) is 10.0 Å². The summed E-state index contributed by atoms with van der Waals surface area (Å²) in [6.45, 7) is -0.203. The van der Waals surface area contributed by atoms with E-state index in [0.717, 1.165) is 4.31 Å². The summed E-state index contributed by atoms with van der Waals surface area (Å²) in [7, 11) is -2.74. The number of nitrogens with zero attached hydrogens (tertiary/aromatic N) is 2. The number of carbonyl (C=O) groups is 2. The molecule has 9 nitrogen and oxygen atoms in total. The number of anilines is 1. The summed E-state index contributed by atoms with van der Waals surface area (Å²) in [5.74, 6) is 4.15. The molecule has 0 bridgehead atoms. The van der Waals surface area contributed by atoms with Gasteiger partial charge >= 0.3 is 5.97 Å². The average Bonchev–Trinajstić information content (AvgIpc) is 3.11. The highest BCUT2D eigenvalue weighted by atomic mass is 32.2. The Morgan fingerprint density at radius 2 is 1.61 bits per heavy atom. The zero-order chi connectivity index (χ0) is 27.1. The molecule has 196 valence electrons. The van der Waals surface area contributed by atoms with E-state index in [9.17, 15) is 23.1 Å². The maximum Gasteiger partial charge on any atom is 0.323 e. The Bertz CT molecular complexity index is 1460. The topological polar surface area (TPSA) is 113 Å². The van der Waals surface area contributed by atoms with Crippen molar-refractivity contribution in [2.45, 2.75) is 17.5 Å². The van der Waals surface area contributed by atoms with Crippen molar-refractivity contribution < 1.29 is 32.6 Å². The molecule has 1 atom stereocenters. The van der Waals surface area contributed by atoms with Crippen LogP contribution in [0.5, 0.6) is 5.75 Å². The van der Waals surface area contributed by atoms with Crippen LogP contribution in [0.3, 0.4) is 0 Å². The van der Waals surface area contributed by atoms with Crippen LogP contribution in [0.4, 0.5) is 5.69 Å². The monoisotopic (exact) mass is 534 g/mol. The van der Waals surface area contributed by atoms with E-state index in [4.69, 9.17) is 9.47 Å². The molecule has 10 heteroatoms. The molecule has 3 aromatic rings. The summed E-state index contributed by atoms with van der Waals surface area (Å²) in [6.07, 6.45) is 0. The molecule has 0 fully saturated rings. The molecule has 1 heterocycles. The Balaban J connectivity index is 1.66. The van der Waals surface area contributed by atoms with Gasteiger partial charge in [-0.2, -0.15) is 4.31 Å². The number of carboxylic acids is 1. The van der Waals surface area contributed by atoms with Crippen LogP contribution in [-0.4, -0.2) is 62.6 Å². The van der Waals surface area contributed by atoms with Crippen molar-refractivity contribution in [3.63, 3.8) is 0 Å². The number of rotatable bonds is 7. The minimum Gasteiger partial charge on any atom is -0.481 e. The van der Waals surface area contributed by atoms with Crippen molar-refractivity contribution in [1.29, 1.82) is 0 Å². The number of hydrogen-bond acceptors (Lipinski definition) is 6. The average molecular weight is 535 g/mol. The SMILES string of the molecule is COCC#CCOc1ccc(S(=O)(=O)N2Cc3ccccc3N(C(=O)c3ccccc3)CC2C(=O)O)cc1. The van der Waals surface area contributed by atoms with E-state index in [0.29, 0.717) is 22.6 Å². The zero-order valence-electron chi connectivity index (χ0n) is 20.6. The first-order valence-electron chi connectivity index (χ1n) is 11.7. The second-order valence-electron chi connectivity index (χ2n) is 8.36. The van der Waals surface area contributed by atoms with E-state index in [1.807, 2.05) is 0 Å². The number of methoxy groups -OCH3 is 1. The normalized spacial score (nSPS) is 15.5. The number of ether oxygens (including phenoxy) is 2. The molecule has 1 aliphatic heterocycles. The van der Waals surface area contributed by atoms with E-state index in [2.05, 4.69) is 11.8 Å². The summed E-state index contributed by atoms with van der Waals surface area (Å²) in [5, 5.41) is 10.1. The number of aliphatic carboxylic acids is 1. The maximum atomic E-state index is 13.7. The largest absolute Gasteiger partial charge is 0.481 e. The Labute approximate surface area is 221 Å². The molecule has 0 aliphatic carbocycles. The van der Waals surface area contributed by atoms with Crippen LogP contribution >= 0.6 is 0 Å². The lowest BCUT2D eigenvalue weighted by molar-refractivity contribution is -0.141. The fraction of sp³-hybridized carbons (Fsp3) is 0.214. The highest BCUT2D eigenvalue weighted by molar-refractivity contribution is 7.89. The first-order valence-corrected chi connectivity index (χ1v) is 13.1. The molecule has 0 radical (unpaired) electrons. The van der Waals surface area contributed by atoms with Crippen LogP contribution in [0.1, 0.15) is 15.9 Å². The van der Waals surface area contributed by atoms with Gasteiger partial charge in [0.1, 0.15) is 25.0 Å². The van der Waals surface area contributed by atoms with Crippen molar-refractivity contribution in [3.05, 3.63) is 90.0 Å². The highest BCUT2D eigenvalue weighted by Gasteiger charge is 2.41. The second-order valence-corrected chi connectivity index (χ2v) is 10.3. The van der Waals surface area contributed by atoms with Crippen LogP contribution in [-0.2, 0) is 26.1 Å². The smallest absolute Gasteiger partial charge is 0.323 e. The van der Waals surface area contributed by atoms with E-state index in [-0.39, 0.29) is 31.2 Å². The lowest BCUT2D eigenvalue weighted by atomic mass is 10.1. The van der Waals surface area contributed by atoms with E-state index in [1.54, 1.807) is 54.6 Å². The summed E-state index contributed by atoms with van der Waals surface area (Å²) in [4.78, 5) is 27.1. The molecule has 38 heavy (non-hydrogen) atoms. The number of para-hydroxylation sites is 1. The van der Waals surface area contributed by atoms with Crippen LogP contribution in [0.15, 0.2) is 83.8 Å². The molecule has 0 aromatic heterocycles. The Morgan fingerprint density at radius 3 is 2.29 bits per heavy atom. The zero-order valence-corrected chi connectivity index (χ0v) is 21.4. The standard InChI is InChI=1S/C28H26N2O7S/c1-36-17-7-8-18-37-23-13-15-24(16-14-23)38(34,35)30-19-22-11-5-6-12-25(22)29(20-26(30)28(32)33)27(31)21-9-3-2-4-10-21/h2-6,9-16,26H,17-20H2,1H3,(H,32,33). The molecule has 1 aliphatic rings. The molecule has 1 N–H and O–H groups in total. The van der Waals surface area contributed by atoms with E-state index >= 15 is 0 Å². The number of carbonyl (C=O) groups excluding carboxylic acids is 1. The lowest BCUT2D eigenvalue weighted by Gasteiger charge is -2.28. The number of carboxylic acid groups (broad SMARTS) is 1. The Morgan fingerprint density at radius 1 is 0.947 bits per heavy atom. The van der Waals surface area contributed by atoms with Gasteiger partial charge in [-0.1, -0.05) is 48.2 Å². The van der Waals surface area contributed by atoms with Crippen molar-refractivity contribution in [2.24, 2.45) is 0 Å². The van der Waals surface area contributed by atoms with Gasteiger partial charge in [-0.3, -0.25) is 9.59 Å². The minimum atomic E-state index is -4.27. The summed E-state index contributed by atoms with van der Waals surface area (Å²) >= 11 is 0. The Kier molecular flexibility index (Phi) is 8.43. The summed E-state index contributed by atoms with van der Waals surface area (Å²) in [6, 6.07) is 19.4. The molecular weight excluding hydrogens is 508 g/mol. The summed E-state index contributed by atoms with van der Waals surface area (Å²) in [5.41, 5.74) is 1.34. The fourth-order valence-electron chi connectivity index (χ4n) is 4.07. The summed E-state index contributed by atoms with van der Waals surface area (Å²) < 4.78 is 38.7. The highest BCUT2D eigenvalue weighted by Crippen LogP contribution is 2.32. The fourth-order valence-corrected chi connectivity index (χ4v) is 5.62. The lowest BCUT2D eigenvalue weighted by Crippen LogP contribution is -2.50. The Hall–Kier alpha value is -4.17. The van der Waals surface area contributed by atoms with Crippen LogP contribution < -0.4 is 9.64 Å². The predicted octanol–water partition coefficient (Wildman–Crippen LogP) is 3.02. The molecular formula is C28H26N2O7S. The second kappa shape index (κ2) is 11.9. The van der Waals surface area contributed by atoms with E-state index < -0.39 is 27.9 Å². The van der Waals surface area contributed by atoms with Crippen LogP contribution in [0, 0.1) is 11.8 Å². The number of amides is 1. The van der Waals surface area contributed by atoms with Gasteiger partial charge in [-0.05, 0) is 48.0 Å². The molecule has 3 aromatic carbocycles. The number of sulfonamides is 1. The van der Waals surface area contributed by atoms with Gasteiger partial charge in [-0.25, -0.2) is 8.42 Å². The molecule has 0 saturated carbocycles. The predicted molar refractivity (Wildman–Crippen MR) is 140 cm³/mol. The quantitative estimate of drug-likeness (QED) is 0.464. The minimum absolute atomic E-state index is 0.0955. The van der Waals surface area contributed by atoms with Gasteiger partial charge in [0.25, 0.3) is 5.91 Å². The molecule has 1 unspecified atom stereocenters. The van der Waals surface area contributed by atoms with Crippen LogP contribution in [0.2, 0.25) is 0 Å². The maximum absolute atomic E-state index is 13.7. The molecule has 4 rings (SSSR count). The third-order valence-electron chi connectivity index (χ3n) is 5.95. The number of fused-ring (bicyclic) bond motifs is 1. The van der Waals surface area contributed by atoms with Crippen molar-refractivity contribution in [3.8, 4) is 17.6 Å². The third kappa shape index (κ3) is 5.86. The third-order valence-corrected chi connectivity index (χ3v) is 7.81. The number of hydrogen-bond donors (Lipinski definition) is 1. The van der Waals surface area contributed by atoms with E-state index in [1.165, 1.54) is 36.3 Å². The first kappa shape index (κ1) is 26.9. The number of benzene rings is 3. The van der Waals surface area contributed by atoms with Gasteiger partial charge in [-0.15, -0.1) is 0 Å². The van der Waals surface area contributed by atoms with Crippen molar-refractivity contribution >= 4 is 27.6 Å². The van der Waals surface area contributed by atoms with Gasteiger partial charge in [0.15, 0.2) is 0 Å². The molecule has 0 saturated heterocycles. The molecule has 1 amide bonds. The van der Waals surface area contributed by atoms with Crippen LogP contribution in [0.25, 0.3) is 0 Å². The van der Waals surface area contributed by atoms with Crippen molar-refractivity contribution in [1.82, 2.24) is 4.31 Å². The van der Waals surface area contributed by atoms with Gasteiger partial charge in [0.05, 0.1) is 11.4 Å². The van der Waals surface area contributed by atoms with Crippen molar-refractivity contribution in [2.75, 3.05) is 31.8 Å². The van der Waals surface area contributed by atoms with Gasteiger partial charge in [0, 0.05) is 24.9 Å². The van der Waals surface area contributed by atoms with Gasteiger partial charge < -0.3 is 19.5 Å². The molecule has 0 spiro atoms. The first-order chi connectivity index (χ1) is 18.3.